The molecule has 0 unspecified atom stereocenters. The third kappa shape index (κ3) is 5.21. The number of amides is 1. The number of nitrogens with zero attached hydrogens (tertiary/aromatic N) is 1. The summed E-state index contributed by atoms with van der Waals surface area (Å²) in [5.74, 6) is 0.0235. The average Bonchev–Trinajstić information content (AvgIpc) is 2.36. The van der Waals surface area contributed by atoms with Crippen LogP contribution < -0.4 is 11.1 Å². The molecule has 0 aromatic heterocycles. The van der Waals surface area contributed by atoms with Crippen LogP contribution in [0.2, 0.25) is 0 Å². The molecule has 0 spiro atoms. The highest BCUT2D eigenvalue weighted by Gasteiger charge is 2.13. The Hall–Kier alpha value is -1.55. The zero-order chi connectivity index (χ0) is 15.1. The molecule has 0 bridgehead atoms. The lowest BCUT2D eigenvalue weighted by Crippen LogP contribution is -2.42. The van der Waals surface area contributed by atoms with Crippen molar-refractivity contribution in [1.29, 1.82) is 0 Å². The van der Waals surface area contributed by atoms with Crippen LogP contribution in [0.1, 0.15) is 33.3 Å². The van der Waals surface area contributed by atoms with Crippen molar-refractivity contribution in [3.63, 3.8) is 0 Å². The number of benzene rings is 1. The lowest BCUT2D eigenvalue weighted by Gasteiger charge is -2.30. The summed E-state index contributed by atoms with van der Waals surface area (Å²) < 4.78 is 0. The van der Waals surface area contributed by atoms with Crippen molar-refractivity contribution in [2.45, 2.75) is 46.2 Å². The molecule has 1 aromatic carbocycles. The number of para-hydroxylation sites is 1. The fourth-order valence-electron chi connectivity index (χ4n) is 2.37. The summed E-state index contributed by atoms with van der Waals surface area (Å²) in [6, 6.07) is 8.46. The van der Waals surface area contributed by atoms with E-state index in [2.05, 4.69) is 37.9 Å². The zero-order valence-corrected chi connectivity index (χ0v) is 13.0. The molecule has 0 saturated carbocycles. The molecule has 0 radical (unpaired) electrons. The molecule has 0 aliphatic rings. The smallest absolute Gasteiger partial charge is 0.224 e. The van der Waals surface area contributed by atoms with Crippen LogP contribution in [-0.4, -0.2) is 36.0 Å². The topological polar surface area (TPSA) is 58.4 Å². The van der Waals surface area contributed by atoms with Gasteiger partial charge in [-0.2, -0.15) is 0 Å². The highest BCUT2D eigenvalue weighted by Crippen LogP contribution is 2.10. The highest BCUT2D eigenvalue weighted by atomic mass is 16.1. The predicted octanol–water partition coefficient (Wildman–Crippen LogP) is 2.05. The molecule has 0 saturated heterocycles. The minimum absolute atomic E-state index is 0.0235. The Morgan fingerprint density at radius 2 is 1.80 bits per heavy atom. The van der Waals surface area contributed by atoms with E-state index in [0.717, 1.165) is 12.1 Å². The molecular weight excluding hydrogens is 250 g/mol. The van der Waals surface area contributed by atoms with Crippen LogP contribution in [0.15, 0.2) is 24.3 Å². The molecule has 0 heterocycles. The summed E-state index contributed by atoms with van der Waals surface area (Å²) in [6.07, 6.45) is 0.343. The van der Waals surface area contributed by atoms with Crippen molar-refractivity contribution in [2.75, 3.05) is 18.8 Å². The van der Waals surface area contributed by atoms with Crippen molar-refractivity contribution in [2.24, 2.45) is 0 Å². The molecule has 3 N–H and O–H groups in total. The maximum Gasteiger partial charge on any atom is 0.224 e. The molecule has 0 fully saturated rings. The molecule has 4 nitrogen and oxygen atoms in total. The van der Waals surface area contributed by atoms with Crippen LogP contribution in [0.3, 0.4) is 0 Å². The maximum absolute atomic E-state index is 11.9. The number of nitrogens with one attached hydrogen (secondary N) is 1. The molecule has 0 aliphatic heterocycles. The van der Waals surface area contributed by atoms with Gasteiger partial charge in [0.1, 0.15) is 0 Å². The van der Waals surface area contributed by atoms with E-state index in [1.54, 1.807) is 0 Å². The zero-order valence-electron chi connectivity index (χ0n) is 13.0. The first-order valence-electron chi connectivity index (χ1n) is 7.27. The standard InChI is InChI=1S/C16H27N3O/c1-12(2)19(13(3)4)10-9-18-16(20)11-14-7-5-6-8-15(14)17/h5-8,12-13H,9-11,17H2,1-4H3,(H,18,20). The van der Waals surface area contributed by atoms with Gasteiger partial charge in [-0.05, 0) is 39.3 Å². The van der Waals surface area contributed by atoms with Gasteiger partial charge in [0.15, 0.2) is 0 Å². The van der Waals surface area contributed by atoms with E-state index in [9.17, 15) is 4.79 Å². The SMILES string of the molecule is CC(C)N(CCNC(=O)Cc1ccccc1N)C(C)C. The van der Waals surface area contributed by atoms with E-state index in [4.69, 9.17) is 5.73 Å². The monoisotopic (exact) mass is 277 g/mol. The molecule has 4 heteroatoms. The normalized spacial score (nSPS) is 11.3. The molecule has 1 rings (SSSR count). The number of nitrogen functional groups attached to an aromatic ring is 1. The van der Waals surface area contributed by atoms with E-state index < -0.39 is 0 Å². The van der Waals surface area contributed by atoms with E-state index in [1.165, 1.54) is 0 Å². The van der Waals surface area contributed by atoms with Crippen molar-refractivity contribution in [3.8, 4) is 0 Å². The summed E-state index contributed by atoms with van der Waals surface area (Å²) in [7, 11) is 0. The van der Waals surface area contributed by atoms with Crippen LogP contribution in [0.4, 0.5) is 5.69 Å². The van der Waals surface area contributed by atoms with Crippen molar-refractivity contribution < 1.29 is 4.79 Å². The van der Waals surface area contributed by atoms with Gasteiger partial charge in [0.05, 0.1) is 6.42 Å². The molecule has 20 heavy (non-hydrogen) atoms. The van der Waals surface area contributed by atoms with Gasteiger partial charge in [0.25, 0.3) is 0 Å². The first-order chi connectivity index (χ1) is 9.41. The number of hydrogen-bond acceptors (Lipinski definition) is 3. The fraction of sp³-hybridized carbons (Fsp3) is 0.562. The second-order valence-corrected chi connectivity index (χ2v) is 5.65. The Balaban J connectivity index is 2.39. The molecule has 112 valence electrons. The number of nitrogens with two attached hydrogens (primary N) is 1. The maximum atomic E-state index is 11.9. The molecule has 0 aliphatic carbocycles. The number of hydrogen-bond donors (Lipinski definition) is 2. The van der Waals surface area contributed by atoms with Crippen LogP contribution in [0.25, 0.3) is 0 Å². The Morgan fingerprint density at radius 1 is 1.20 bits per heavy atom. The number of anilines is 1. The molecule has 1 aromatic rings. The van der Waals surface area contributed by atoms with Crippen molar-refractivity contribution in [3.05, 3.63) is 29.8 Å². The van der Waals surface area contributed by atoms with Gasteiger partial charge in [-0.3, -0.25) is 9.69 Å². The van der Waals surface area contributed by atoms with Gasteiger partial charge in [0, 0.05) is 30.9 Å². The van der Waals surface area contributed by atoms with Crippen molar-refractivity contribution in [1.82, 2.24) is 10.2 Å². The minimum Gasteiger partial charge on any atom is -0.398 e. The first-order valence-corrected chi connectivity index (χ1v) is 7.27. The highest BCUT2D eigenvalue weighted by molar-refractivity contribution is 5.80. The Kier molecular flexibility index (Phi) is 6.52. The number of carbonyl (C=O) groups excluding carboxylic acids is 1. The molecular formula is C16H27N3O. The minimum atomic E-state index is 0.0235. The van der Waals surface area contributed by atoms with Gasteiger partial charge in [0.2, 0.25) is 5.91 Å². The van der Waals surface area contributed by atoms with Crippen molar-refractivity contribution >= 4 is 11.6 Å². The lowest BCUT2D eigenvalue weighted by atomic mass is 10.1. The number of carbonyl (C=O) groups is 1. The van der Waals surface area contributed by atoms with Crippen LogP contribution >= 0.6 is 0 Å². The second-order valence-electron chi connectivity index (χ2n) is 5.65. The van der Waals surface area contributed by atoms with E-state index >= 15 is 0 Å². The van der Waals surface area contributed by atoms with Gasteiger partial charge >= 0.3 is 0 Å². The lowest BCUT2D eigenvalue weighted by molar-refractivity contribution is -0.120. The Bertz CT molecular complexity index is 421. The van der Waals surface area contributed by atoms with Gasteiger partial charge < -0.3 is 11.1 Å². The quantitative estimate of drug-likeness (QED) is 0.750. The summed E-state index contributed by atoms with van der Waals surface area (Å²) >= 11 is 0. The van der Waals surface area contributed by atoms with Gasteiger partial charge in [-0.1, -0.05) is 18.2 Å². The Morgan fingerprint density at radius 3 is 2.35 bits per heavy atom. The predicted molar refractivity (Wildman–Crippen MR) is 84.5 cm³/mol. The summed E-state index contributed by atoms with van der Waals surface area (Å²) in [5, 5.41) is 2.96. The third-order valence-electron chi connectivity index (χ3n) is 3.42. The van der Waals surface area contributed by atoms with E-state index in [0.29, 0.717) is 30.7 Å². The van der Waals surface area contributed by atoms with Gasteiger partial charge in [-0.15, -0.1) is 0 Å². The summed E-state index contributed by atoms with van der Waals surface area (Å²) in [4.78, 5) is 14.3. The second kappa shape index (κ2) is 7.90. The number of rotatable bonds is 7. The third-order valence-corrected chi connectivity index (χ3v) is 3.42. The van der Waals surface area contributed by atoms with Crippen LogP contribution in [0, 0.1) is 0 Å². The van der Waals surface area contributed by atoms with E-state index in [1.807, 2.05) is 24.3 Å². The largest absolute Gasteiger partial charge is 0.398 e. The molecule has 1 amide bonds. The van der Waals surface area contributed by atoms with Gasteiger partial charge in [-0.25, -0.2) is 0 Å². The summed E-state index contributed by atoms with van der Waals surface area (Å²) in [6.45, 7) is 10.2. The summed E-state index contributed by atoms with van der Waals surface area (Å²) in [5.41, 5.74) is 7.40. The van der Waals surface area contributed by atoms with Crippen LogP contribution in [0.5, 0.6) is 0 Å². The first kappa shape index (κ1) is 16.5. The Labute approximate surface area is 122 Å². The average molecular weight is 277 g/mol. The van der Waals surface area contributed by atoms with E-state index in [-0.39, 0.29) is 5.91 Å². The fourth-order valence-corrected chi connectivity index (χ4v) is 2.37. The van der Waals surface area contributed by atoms with Crippen LogP contribution in [-0.2, 0) is 11.2 Å². The molecule has 0 atom stereocenters.